The molecule has 0 bridgehead atoms. The number of nitrogens with zero attached hydrogens (tertiary/aromatic N) is 1. The Hall–Kier alpha value is -1.45. The molecule has 0 unspecified atom stereocenters. The molecule has 1 fully saturated rings. The number of hydrogen-bond acceptors (Lipinski definition) is 3. The molecule has 0 radical (unpaired) electrons. The Morgan fingerprint density at radius 3 is 2.48 bits per heavy atom. The Labute approximate surface area is 127 Å². The van der Waals surface area contributed by atoms with Crippen LogP contribution in [0.2, 0.25) is 0 Å². The van der Waals surface area contributed by atoms with E-state index in [-0.39, 0.29) is 17.7 Å². The van der Waals surface area contributed by atoms with Gasteiger partial charge in [0, 0.05) is 25.2 Å². The van der Waals surface area contributed by atoms with Gasteiger partial charge in [-0.2, -0.15) is 0 Å². The molecule has 1 saturated heterocycles. The molecule has 0 atom stereocenters. The maximum atomic E-state index is 13.9. The van der Waals surface area contributed by atoms with Gasteiger partial charge in [-0.15, -0.1) is 0 Å². The van der Waals surface area contributed by atoms with Crippen LogP contribution in [0, 0.1) is 11.2 Å². The van der Waals surface area contributed by atoms with Gasteiger partial charge in [0.2, 0.25) is 0 Å². The Morgan fingerprint density at radius 2 is 1.95 bits per heavy atom. The maximum absolute atomic E-state index is 13.9. The summed E-state index contributed by atoms with van der Waals surface area (Å²) in [5.41, 5.74) is 7.82. The predicted octanol–water partition coefficient (Wildman–Crippen LogP) is 4.21. The van der Waals surface area contributed by atoms with Crippen molar-refractivity contribution < 1.29 is 9.13 Å². The van der Waals surface area contributed by atoms with Gasteiger partial charge < -0.3 is 15.4 Å². The van der Waals surface area contributed by atoms with Crippen LogP contribution >= 0.6 is 0 Å². The summed E-state index contributed by atoms with van der Waals surface area (Å²) < 4.78 is 19.4. The molecule has 2 rings (SSSR count). The number of piperidine rings is 1. The minimum atomic E-state index is -0.389. The number of halogens is 1. The molecule has 1 aliphatic rings. The number of hydrogen-bond donors (Lipinski definition) is 1. The van der Waals surface area contributed by atoms with Gasteiger partial charge in [-0.05, 0) is 32.1 Å². The molecule has 2 N–H and O–H groups in total. The first-order chi connectivity index (χ1) is 9.84. The molecule has 0 aliphatic carbocycles. The second kappa shape index (κ2) is 6.12. The van der Waals surface area contributed by atoms with Crippen LogP contribution in [-0.4, -0.2) is 19.2 Å². The standard InChI is InChI=1S/C17H27FN2O/c1-5-17(4)6-8-20(9-7-17)15-11-16(21-12(2)3)13(18)10-14(15)19/h10-12H,5-9,19H2,1-4H3. The summed E-state index contributed by atoms with van der Waals surface area (Å²) >= 11 is 0. The molecule has 0 aromatic heterocycles. The van der Waals surface area contributed by atoms with Crippen molar-refractivity contribution >= 4 is 11.4 Å². The first-order valence-corrected chi connectivity index (χ1v) is 7.85. The molecule has 3 nitrogen and oxygen atoms in total. The molecule has 1 aliphatic heterocycles. The second-order valence-corrected chi connectivity index (χ2v) is 6.66. The van der Waals surface area contributed by atoms with Crippen LogP contribution in [0.1, 0.15) is 47.0 Å². The smallest absolute Gasteiger partial charge is 0.167 e. The van der Waals surface area contributed by atoms with E-state index in [1.54, 1.807) is 6.07 Å². The Kier molecular flexibility index (Phi) is 4.64. The predicted molar refractivity (Wildman–Crippen MR) is 86.4 cm³/mol. The molecule has 0 spiro atoms. The lowest BCUT2D eigenvalue weighted by atomic mass is 9.78. The fraction of sp³-hybridized carbons (Fsp3) is 0.647. The number of nitrogen functional groups attached to an aromatic ring is 1. The molecule has 1 heterocycles. The van der Waals surface area contributed by atoms with Crippen LogP contribution in [0.3, 0.4) is 0 Å². The highest BCUT2D eigenvalue weighted by molar-refractivity contribution is 5.70. The van der Waals surface area contributed by atoms with Gasteiger partial charge >= 0.3 is 0 Å². The fourth-order valence-corrected chi connectivity index (χ4v) is 2.82. The monoisotopic (exact) mass is 294 g/mol. The summed E-state index contributed by atoms with van der Waals surface area (Å²) in [4.78, 5) is 2.25. The van der Waals surface area contributed by atoms with E-state index < -0.39 is 0 Å². The van der Waals surface area contributed by atoms with Gasteiger partial charge in [0.1, 0.15) is 0 Å². The van der Waals surface area contributed by atoms with E-state index >= 15 is 0 Å². The van der Waals surface area contributed by atoms with Gasteiger partial charge in [0.25, 0.3) is 0 Å². The molecule has 0 amide bonds. The summed E-state index contributed by atoms with van der Waals surface area (Å²) in [5, 5.41) is 0. The lowest BCUT2D eigenvalue weighted by Gasteiger charge is -2.40. The first kappa shape index (κ1) is 15.9. The lowest BCUT2D eigenvalue weighted by Crippen LogP contribution is -2.38. The maximum Gasteiger partial charge on any atom is 0.167 e. The van der Waals surface area contributed by atoms with Gasteiger partial charge in [0.05, 0.1) is 17.5 Å². The van der Waals surface area contributed by atoms with Crippen molar-refractivity contribution in [1.29, 1.82) is 0 Å². The van der Waals surface area contributed by atoms with E-state index in [0.29, 0.717) is 11.1 Å². The first-order valence-electron chi connectivity index (χ1n) is 7.85. The third-order valence-corrected chi connectivity index (χ3v) is 4.61. The minimum absolute atomic E-state index is 0.0549. The van der Waals surface area contributed by atoms with E-state index in [4.69, 9.17) is 10.5 Å². The van der Waals surface area contributed by atoms with Crippen LogP contribution in [0.5, 0.6) is 5.75 Å². The van der Waals surface area contributed by atoms with Crippen molar-refractivity contribution in [3.05, 3.63) is 17.9 Å². The fourth-order valence-electron chi connectivity index (χ4n) is 2.82. The third-order valence-electron chi connectivity index (χ3n) is 4.61. The normalized spacial score (nSPS) is 18.1. The van der Waals surface area contributed by atoms with Crippen molar-refractivity contribution in [3.63, 3.8) is 0 Å². The molecule has 4 heteroatoms. The lowest BCUT2D eigenvalue weighted by molar-refractivity contribution is 0.230. The summed E-state index contributed by atoms with van der Waals surface area (Å²) in [7, 11) is 0. The minimum Gasteiger partial charge on any atom is -0.488 e. The van der Waals surface area contributed by atoms with Crippen molar-refractivity contribution in [2.24, 2.45) is 5.41 Å². The number of benzene rings is 1. The zero-order chi connectivity index (χ0) is 15.6. The van der Waals surface area contributed by atoms with Crippen LogP contribution in [0.15, 0.2) is 12.1 Å². The van der Waals surface area contributed by atoms with Crippen molar-refractivity contribution in [2.45, 2.75) is 53.1 Å². The molecule has 118 valence electrons. The highest BCUT2D eigenvalue weighted by Gasteiger charge is 2.29. The van der Waals surface area contributed by atoms with Gasteiger partial charge in [-0.3, -0.25) is 0 Å². The number of rotatable bonds is 4. The summed E-state index contributed by atoms with van der Waals surface area (Å²) in [6, 6.07) is 3.12. The van der Waals surface area contributed by atoms with E-state index in [1.165, 1.54) is 12.5 Å². The van der Waals surface area contributed by atoms with Crippen LogP contribution in [0.4, 0.5) is 15.8 Å². The van der Waals surface area contributed by atoms with Crippen LogP contribution in [-0.2, 0) is 0 Å². The van der Waals surface area contributed by atoms with Gasteiger partial charge in [-0.25, -0.2) is 4.39 Å². The third kappa shape index (κ3) is 3.60. The van der Waals surface area contributed by atoms with Crippen molar-refractivity contribution in [3.8, 4) is 5.75 Å². The zero-order valence-electron chi connectivity index (χ0n) is 13.6. The Balaban J connectivity index is 2.20. The Bertz CT molecular complexity index is 494. The average molecular weight is 294 g/mol. The molecular weight excluding hydrogens is 267 g/mol. The van der Waals surface area contributed by atoms with E-state index in [2.05, 4.69) is 18.7 Å². The number of anilines is 2. The Morgan fingerprint density at radius 1 is 1.33 bits per heavy atom. The van der Waals surface area contributed by atoms with Crippen LogP contribution in [0.25, 0.3) is 0 Å². The van der Waals surface area contributed by atoms with Crippen molar-refractivity contribution in [2.75, 3.05) is 23.7 Å². The summed E-state index contributed by atoms with van der Waals surface area (Å²) in [5.74, 6) is -0.0987. The van der Waals surface area contributed by atoms with Gasteiger partial charge in [0.15, 0.2) is 11.6 Å². The van der Waals surface area contributed by atoms with E-state index in [0.717, 1.165) is 31.6 Å². The number of ether oxygens (including phenoxy) is 1. The van der Waals surface area contributed by atoms with Gasteiger partial charge in [-0.1, -0.05) is 20.3 Å². The van der Waals surface area contributed by atoms with Crippen LogP contribution < -0.4 is 15.4 Å². The largest absolute Gasteiger partial charge is 0.488 e. The zero-order valence-corrected chi connectivity index (χ0v) is 13.6. The van der Waals surface area contributed by atoms with Crippen molar-refractivity contribution in [1.82, 2.24) is 0 Å². The molecule has 0 saturated carbocycles. The SMILES string of the molecule is CCC1(C)CCN(c2cc(OC(C)C)c(F)cc2N)CC1. The molecular formula is C17H27FN2O. The topological polar surface area (TPSA) is 38.5 Å². The molecule has 1 aromatic rings. The highest BCUT2D eigenvalue weighted by atomic mass is 19.1. The second-order valence-electron chi connectivity index (χ2n) is 6.66. The number of nitrogens with two attached hydrogens (primary N) is 1. The summed E-state index contributed by atoms with van der Waals surface area (Å²) in [6.07, 6.45) is 3.42. The highest BCUT2D eigenvalue weighted by Crippen LogP contribution is 2.38. The van der Waals surface area contributed by atoms with E-state index in [1.807, 2.05) is 13.8 Å². The van der Waals surface area contributed by atoms with E-state index in [9.17, 15) is 4.39 Å². The quantitative estimate of drug-likeness (QED) is 0.845. The summed E-state index contributed by atoms with van der Waals surface area (Å²) in [6.45, 7) is 10.3. The average Bonchev–Trinajstić information content (AvgIpc) is 2.43. The molecule has 21 heavy (non-hydrogen) atoms. The molecule has 1 aromatic carbocycles.